The van der Waals surface area contributed by atoms with Gasteiger partial charge in [0, 0.05) is 48.1 Å². The molecule has 0 bridgehead atoms. The standard InChI is InChI=1S/C23H26N4O3/c1-15-5-4-10-24-20(15)8-6-16-12-22(26-27(2)23(16)28)30-14-17-11-19(17)21-9-7-18(29-3)13-25-21/h4-5,7,9-10,12-13,17,19H,6,8,11,14H2,1-3H3/t17-,19+/m1/s1. The Morgan fingerprint density at radius 1 is 1.20 bits per heavy atom. The van der Waals surface area contributed by atoms with Crippen LogP contribution in [0.4, 0.5) is 0 Å². The minimum atomic E-state index is -0.0948. The lowest BCUT2D eigenvalue weighted by Gasteiger charge is -2.10. The second-order valence-corrected chi connectivity index (χ2v) is 7.74. The summed E-state index contributed by atoms with van der Waals surface area (Å²) >= 11 is 0. The van der Waals surface area contributed by atoms with Gasteiger partial charge in [0.15, 0.2) is 0 Å². The van der Waals surface area contributed by atoms with Crippen LogP contribution in [0.3, 0.4) is 0 Å². The third kappa shape index (κ3) is 4.50. The Kier molecular flexibility index (Phi) is 5.79. The van der Waals surface area contributed by atoms with Crippen LogP contribution in [-0.4, -0.2) is 33.5 Å². The second-order valence-electron chi connectivity index (χ2n) is 7.74. The Bertz CT molecular complexity index is 1080. The minimum absolute atomic E-state index is 0.0948. The van der Waals surface area contributed by atoms with E-state index in [-0.39, 0.29) is 5.56 Å². The molecule has 3 heterocycles. The van der Waals surface area contributed by atoms with Crippen molar-refractivity contribution < 1.29 is 9.47 Å². The highest BCUT2D eigenvalue weighted by Gasteiger charge is 2.40. The van der Waals surface area contributed by atoms with Crippen molar-refractivity contribution in [3.8, 4) is 11.6 Å². The summed E-state index contributed by atoms with van der Waals surface area (Å²) < 4.78 is 12.5. The maximum absolute atomic E-state index is 12.5. The van der Waals surface area contributed by atoms with E-state index in [0.717, 1.165) is 29.1 Å². The number of aryl methyl sites for hydroxylation is 4. The Labute approximate surface area is 175 Å². The van der Waals surface area contributed by atoms with E-state index >= 15 is 0 Å². The topological polar surface area (TPSA) is 79.1 Å². The highest BCUT2D eigenvalue weighted by atomic mass is 16.5. The first-order valence-corrected chi connectivity index (χ1v) is 10.2. The van der Waals surface area contributed by atoms with E-state index in [2.05, 4.69) is 15.1 Å². The zero-order valence-electron chi connectivity index (χ0n) is 17.5. The van der Waals surface area contributed by atoms with E-state index in [1.807, 2.05) is 31.2 Å². The van der Waals surface area contributed by atoms with Crippen LogP contribution >= 0.6 is 0 Å². The fourth-order valence-corrected chi connectivity index (χ4v) is 3.64. The van der Waals surface area contributed by atoms with Crippen molar-refractivity contribution in [2.24, 2.45) is 13.0 Å². The van der Waals surface area contributed by atoms with Gasteiger partial charge in [-0.1, -0.05) is 6.07 Å². The number of rotatable bonds is 8. The molecule has 0 aromatic carbocycles. The van der Waals surface area contributed by atoms with Crippen molar-refractivity contribution >= 4 is 0 Å². The van der Waals surface area contributed by atoms with Gasteiger partial charge in [-0.3, -0.25) is 14.8 Å². The predicted molar refractivity (Wildman–Crippen MR) is 113 cm³/mol. The molecule has 156 valence electrons. The molecule has 0 N–H and O–H groups in total. The van der Waals surface area contributed by atoms with Crippen molar-refractivity contribution in [3.63, 3.8) is 0 Å². The first-order valence-electron chi connectivity index (χ1n) is 10.2. The van der Waals surface area contributed by atoms with Crippen LogP contribution in [0.5, 0.6) is 11.6 Å². The van der Waals surface area contributed by atoms with Crippen LogP contribution in [0.25, 0.3) is 0 Å². The average molecular weight is 406 g/mol. The van der Waals surface area contributed by atoms with Gasteiger partial charge in [0.05, 0.1) is 19.9 Å². The van der Waals surface area contributed by atoms with Gasteiger partial charge in [0.25, 0.3) is 5.56 Å². The smallest absolute Gasteiger partial charge is 0.269 e. The van der Waals surface area contributed by atoms with Crippen LogP contribution in [0, 0.1) is 12.8 Å². The largest absolute Gasteiger partial charge is 0.495 e. The van der Waals surface area contributed by atoms with Gasteiger partial charge in [0.2, 0.25) is 5.88 Å². The zero-order valence-corrected chi connectivity index (χ0v) is 17.5. The number of methoxy groups -OCH3 is 1. The van der Waals surface area contributed by atoms with Gasteiger partial charge in [-0.05, 0) is 49.9 Å². The average Bonchev–Trinajstić information content (AvgIpc) is 3.54. The molecular weight excluding hydrogens is 380 g/mol. The van der Waals surface area contributed by atoms with Gasteiger partial charge in [-0.15, -0.1) is 5.10 Å². The Balaban J connectivity index is 1.38. The quantitative estimate of drug-likeness (QED) is 0.572. The lowest BCUT2D eigenvalue weighted by Crippen LogP contribution is -2.24. The highest BCUT2D eigenvalue weighted by molar-refractivity contribution is 5.26. The molecule has 2 atom stereocenters. The SMILES string of the molecule is COc1ccc([C@H]2C[C@@H]2COc2cc(CCc3ncccc3C)c(=O)n(C)n2)nc1. The Hall–Kier alpha value is -3.22. The predicted octanol–water partition coefficient (Wildman–Crippen LogP) is 2.86. The molecule has 0 spiro atoms. The van der Waals surface area contributed by atoms with Crippen molar-refractivity contribution in [1.82, 2.24) is 19.7 Å². The molecule has 1 aliphatic carbocycles. The summed E-state index contributed by atoms with van der Waals surface area (Å²) in [7, 11) is 3.29. The molecule has 3 aromatic rings. The monoisotopic (exact) mass is 406 g/mol. The summed E-state index contributed by atoms with van der Waals surface area (Å²) in [5.41, 5.74) is 3.79. The minimum Gasteiger partial charge on any atom is -0.495 e. The van der Waals surface area contributed by atoms with E-state index in [0.29, 0.717) is 42.7 Å². The highest BCUT2D eigenvalue weighted by Crippen LogP contribution is 2.46. The molecule has 0 radical (unpaired) electrons. The second kappa shape index (κ2) is 8.65. The number of hydrogen-bond acceptors (Lipinski definition) is 6. The first kappa shape index (κ1) is 20.1. The van der Waals surface area contributed by atoms with E-state index in [1.165, 1.54) is 4.68 Å². The van der Waals surface area contributed by atoms with Crippen LogP contribution < -0.4 is 15.0 Å². The fourth-order valence-electron chi connectivity index (χ4n) is 3.64. The Morgan fingerprint density at radius 2 is 2.07 bits per heavy atom. The van der Waals surface area contributed by atoms with Crippen molar-refractivity contribution in [1.29, 1.82) is 0 Å². The number of hydrogen-bond donors (Lipinski definition) is 0. The maximum atomic E-state index is 12.5. The molecule has 7 heteroatoms. The number of ether oxygens (including phenoxy) is 2. The summed E-state index contributed by atoms with van der Waals surface area (Å²) in [6.07, 6.45) is 5.88. The lowest BCUT2D eigenvalue weighted by molar-refractivity contribution is 0.277. The van der Waals surface area contributed by atoms with Gasteiger partial charge in [-0.2, -0.15) is 0 Å². The normalized spacial score (nSPS) is 17.6. The molecule has 1 saturated carbocycles. The molecule has 1 aliphatic rings. The molecule has 4 rings (SSSR count). The van der Waals surface area contributed by atoms with Gasteiger partial charge < -0.3 is 9.47 Å². The van der Waals surface area contributed by atoms with Crippen LogP contribution in [0.15, 0.2) is 47.5 Å². The lowest BCUT2D eigenvalue weighted by atomic mass is 10.1. The third-order valence-corrected chi connectivity index (χ3v) is 5.61. The number of pyridine rings is 2. The van der Waals surface area contributed by atoms with E-state index in [4.69, 9.17) is 9.47 Å². The van der Waals surface area contributed by atoms with Crippen molar-refractivity contribution in [3.05, 3.63) is 75.6 Å². The summed E-state index contributed by atoms with van der Waals surface area (Å²) in [4.78, 5) is 21.4. The molecule has 0 amide bonds. The molecule has 7 nitrogen and oxygen atoms in total. The molecule has 30 heavy (non-hydrogen) atoms. The molecule has 3 aromatic heterocycles. The number of nitrogens with zero attached hydrogens (tertiary/aromatic N) is 4. The number of aromatic nitrogens is 4. The summed E-state index contributed by atoms with van der Waals surface area (Å²) in [5.74, 6) is 2.05. The van der Waals surface area contributed by atoms with Crippen molar-refractivity contribution in [2.75, 3.05) is 13.7 Å². The third-order valence-electron chi connectivity index (χ3n) is 5.61. The molecule has 1 fully saturated rings. The molecule has 0 aliphatic heterocycles. The summed E-state index contributed by atoms with van der Waals surface area (Å²) in [5, 5.41) is 4.26. The molecular formula is C23H26N4O3. The maximum Gasteiger partial charge on any atom is 0.269 e. The fraction of sp³-hybridized carbons (Fsp3) is 0.391. The van der Waals surface area contributed by atoms with E-state index in [9.17, 15) is 4.79 Å². The van der Waals surface area contributed by atoms with E-state index in [1.54, 1.807) is 32.6 Å². The Morgan fingerprint density at radius 3 is 2.80 bits per heavy atom. The first-order chi connectivity index (χ1) is 14.5. The van der Waals surface area contributed by atoms with Gasteiger partial charge >= 0.3 is 0 Å². The zero-order chi connectivity index (χ0) is 21.1. The van der Waals surface area contributed by atoms with Crippen LogP contribution in [-0.2, 0) is 19.9 Å². The summed E-state index contributed by atoms with van der Waals surface area (Å²) in [6.45, 7) is 2.59. The molecule has 0 saturated heterocycles. The van der Waals surface area contributed by atoms with Crippen LogP contribution in [0.1, 0.15) is 34.9 Å². The molecule has 0 unspecified atom stereocenters. The van der Waals surface area contributed by atoms with Gasteiger partial charge in [-0.25, -0.2) is 4.68 Å². The van der Waals surface area contributed by atoms with Crippen molar-refractivity contribution in [2.45, 2.75) is 32.1 Å². The van der Waals surface area contributed by atoms with Crippen LogP contribution in [0.2, 0.25) is 0 Å². The van der Waals surface area contributed by atoms with E-state index < -0.39 is 0 Å². The summed E-state index contributed by atoms with van der Waals surface area (Å²) in [6, 6.07) is 9.66. The van der Waals surface area contributed by atoms with Gasteiger partial charge in [0.1, 0.15) is 5.75 Å².